The summed E-state index contributed by atoms with van der Waals surface area (Å²) in [5, 5.41) is 14.7. The van der Waals surface area contributed by atoms with Crippen molar-refractivity contribution in [2.45, 2.75) is 19.3 Å². The fourth-order valence-corrected chi connectivity index (χ4v) is 2.11. The van der Waals surface area contributed by atoms with E-state index >= 15 is 0 Å². The lowest BCUT2D eigenvalue weighted by Gasteiger charge is -2.05. The van der Waals surface area contributed by atoms with Gasteiger partial charge in [0.1, 0.15) is 0 Å². The Balaban J connectivity index is 1.81. The SMILES string of the molecule is OCCCCNCCc1ccc2ccccc2c1. The average Bonchev–Trinajstić information content (AvgIpc) is 2.42. The van der Waals surface area contributed by atoms with Crippen LogP contribution >= 0.6 is 0 Å². The molecule has 0 radical (unpaired) electrons. The Morgan fingerprint density at radius 1 is 0.889 bits per heavy atom. The number of benzene rings is 2. The van der Waals surface area contributed by atoms with Gasteiger partial charge in [0.25, 0.3) is 0 Å². The lowest BCUT2D eigenvalue weighted by atomic mass is 10.1. The van der Waals surface area contributed by atoms with Crippen molar-refractivity contribution in [2.75, 3.05) is 19.7 Å². The zero-order valence-electron chi connectivity index (χ0n) is 10.7. The summed E-state index contributed by atoms with van der Waals surface area (Å²) in [6.45, 7) is 2.30. The van der Waals surface area contributed by atoms with E-state index in [0.717, 1.165) is 32.4 Å². The molecule has 2 heteroatoms. The first-order chi connectivity index (χ1) is 8.90. The minimum Gasteiger partial charge on any atom is -0.396 e. The molecule has 18 heavy (non-hydrogen) atoms. The Morgan fingerprint density at radius 3 is 2.56 bits per heavy atom. The van der Waals surface area contributed by atoms with E-state index in [1.54, 1.807) is 0 Å². The van der Waals surface area contributed by atoms with Gasteiger partial charge >= 0.3 is 0 Å². The number of aliphatic hydroxyl groups is 1. The van der Waals surface area contributed by atoms with Crippen molar-refractivity contribution in [2.24, 2.45) is 0 Å². The highest BCUT2D eigenvalue weighted by molar-refractivity contribution is 5.82. The Bertz CT molecular complexity index is 481. The van der Waals surface area contributed by atoms with Crippen LogP contribution in [0.3, 0.4) is 0 Å². The molecule has 0 aromatic heterocycles. The van der Waals surface area contributed by atoms with Gasteiger partial charge in [0.05, 0.1) is 0 Å². The Morgan fingerprint density at radius 2 is 1.72 bits per heavy atom. The normalized spacial score (nSPS) is 10.9. The van der Waals surface area contributed by atoms with Crippen LogP contribution in [0.5, 0.6) is 0 Å². The summed E-state index contributed by atoms with van der Waals surface area (Å²) in [6, 6.07) is 15.1. The molecule has 2 aromatic rings. The van der Waals surface area contributed by atoms with Crippen LogP contribution in [0.4, 0.5) is 0 Å². The molecule has 0 saturated heterocycles. The Labute approximate surface area is 109 Å². The minimum absolute atomic E-state index is 0.298. The highest BCUT2D eigenvalue weighted by Crippen LogP contribution is 2.15. The quantitative estimate of drug-likeness (QED) is 0.733. The third-order valence-corrected chi connectivity index (χ3v) is 3.17. The van der Waals surface area contributed by atoms with Gasteiger partial charge in [-0.05, 0) is 48.7 Å². The van der Waals surface area contributed by atoms with Gasteiger partial charge in [-0.1, -0.05) is 42.5 Å². The number of unbranched alkanes of at least 4 members (excludes halogenated alkanes) is 1. The monoisotopic (exact) mass is 243 g/mol. The maximum absolute atomic E-state index is 8.67. The molecule has 0 heterocycles. The van der Waals surface area contributed by atoms with Gasteiger partial charge in [-0.15, -0.1) is 0 Å². The molecular formula is C16H21NO. The van der Waals surface area contributed by atoms with Gasteiger partial charge in [0, 0.05) is 6.61 Å². The molecule has 0 amide bonds. The van der Waals surface area contributed by atoms with Gasteiger partial charge in [0.2, 0.25) is 0 Å². The minimum atomic E-state index is 0.298. The first kappa shape index (κ1) is 13.1. The number of hydrogen-bond acceptors (Lipinski definition) is 2. The topological polar surface area (TPSA) is 32.3 Å². The summed E-state index contributed by atoms with van der Waals surface area (Å²) < 4.78 is 0. The summed E-state index contributed by atoms with van der Waals surface area (Å²) in [5.41, 5.74) is 1.38. The summed E-state index contributed by atoms with van der Waals surface area (Å²) in [4.78, 5) is 0. The van der Waals surface area contributed by atoms with E-state index in [2.05, 4.69) is 47.8 Å². The van der Waals surface area contributed by atoms with Crippen LogP contribution in [0.2, 0.25) is 0 Å². The van der Waals surface area contributed by atoms with Crippen molar-refractivity contribution in [1.29, 1.82) is 0 Å². The summed E-state index contributed by atoms with van der Waals surface area (Å²) in [6.07, 6.45) is 3.00. The first-order valence-corrected chi connectivity index (χ1v) is 6.69. The van der Waals surface area contributed by atoms with Crippen LogP contribution in [-0.2, 0) is 6.42 Å². The molecule has 2 N–H and O–H groups in total. The molecule has 2 rings (SSSR count). The molecule has 0 spiro atoms. The van der Waals surface area contributed by atoms with E-state index in [1.807, 2.05) is 0 Å². The second kappa shape index (κ2) is 7.14. The van der Waals surface area contributed by atoms with Gasteiger partial charge in [-0.2, -0.15) is 0 Å². The molecule has 0 aliphatic rings. The van der Waals surface area contributed by atoms with E-state index < -0.39 is 0 Å². The summed E-state index contributed by atoms with van der Waals surface area (Å²) >= 11 is 0. The lowest BCUT2D eigenvalue weighted by Crippen LogP contribution is -2.18. The third kappa shape index (κ3) is 3.83. The van der Waals surface area contributed by atoms with E-state index in [9.17, 15) is 0 Å². The molecule has 0 unspecified atom stereocenters. The first-order valence-electron chi connectivity index (χ1n) is 6.69. The molecule has 0 atom stereocenters. The molecule has 2 nitrogen and oxygen atoms in total. The second-order valence-electron chi connectivity index (χ2n) is 4.61. The maximum atomic E-state index is 8.67. The van der Waals surface area contributed by atoms with Crippen molar-refractivity contribution >= 4 is 10.8 Å². The molecule has 0 aliphatic heterocycles. The smallest absolute Gasteiger partial charge is 0.0431 e. The van der Waals surface area contributed by atoms with Crippen LogP contribution in [0.1, 0.15) is 18.4 Å². The number of rotatable bonds is 7. The number of aliphatic hydroxyl groups excluding tert-OH is 1. The number of hydrogen-bond donors (Lipinski definition) is 2. The van der Waals surface area contributed by atoms with E-state index in [4.69, 9.17) is 5.11 Å². The van der Waals surface area contributed by atoms with Gasteiger partial charge in [0.15, 0.2) is 0 Å². The van der Waals surface area contributed by atoms with Crippen molar-refractivity contribution in [3.63, 3.8) is 0 Å². The standard InChI is InChI=1S/C16H21NO/c18-12-4-3-10-17-11-9-14-7-8-15-5-1-2-6-16(15)13-14/h1-2,5-8,13,17-18H,3-4,9-12H2. The lowest BCUT2D eigenvalue weighted by molar-refractivity contribution is 0.284. The fraction of sp³-hybridized carbons (Fsp3) is 0.375. The van der Waals surface area contributed by atoms with Crippen LogP contribution in [0.15, 0.2) is 42.5 Å². The van der Waals surface area contributed by atoms with Gasteiger partial charge in [-0.3, -0.25) is 0 Å². The highest BCUT2D eigenvalue weighted by atomic mass is 16.2. The largest absolute Gasteiger partial charge is 0.396 e. The molecule has 0 saturated carbocycles. The summed E-state index contributed by atoms with van der Waals surface area (Å²) in [5.74, 6) is 0. The Kier molecular flexibility index (Phi) is 5.18. The predicted octanol–water partition coefficient (Wildman–Crippen LogP) is 2.74. The zero-order chi connectivity index (χ0) is 12.6. The van der Waals surface area contributed by atoms with E-state index in [-0.39, 0.29) is 0 Å². The zero-order valence-corrected chi connectivity index (χ0v) is 10.7. The highest BCUT2D eigenvalue weighted by Gasteiger charge is 1.96. The van der Waals surface area contributed by atoms with Crippen molar-refractivity contribution in [3.8, 4) is 0 Å². The molecule has 0 aliphatic carbocycles. The Hall–Kier alpha value is -1.38. The van der Waals surface area contributed by atoms with E-state index in [0.29, 0.717) is 6.61 Å². The van der Waals surface area contributed by atoms with Gasteiger partial charge < -0.3 is 10.4 Å². The average molecular weight is 243 g/mol. The molecule has 2 aromatic carbocycles. The predicted molar refractivity (Wildman–Crippen MR) is 76.8 cm³/mol. The number of fused-ring (bicyclic) bond motifs is 1. The maximum Gasteiger partial charge on any atom is 0.0431 e. The van der Waals surface area contributed by atoms with Crippen LogP contribution in [0, 0.1) is 0 Å². The third-order valence-electron chi connectivity index (χ3n) is 3.17. The van der Waals surface area contributed by atoms with Crippen molar-refractivity contribution in [3.05, 3.63) is 48.0 Å². The molecule has 0 bridgehead atoms. The van der Waals surface area contributed by atoms with Gasteiger partial charge in [-0.25, -0.2) is 0 Å². The molecular weight excluding hydrogens is 222 g/mol. The molecule has 96 valence electrons. The van der Waals surface area contributed by atoms with Crippen molar-refractivity contribution < 1.29 is 5.11 Å². The van der Waals surface area contributed by atoms with Crippen molar-refractivity contribution in [1.82, 2.24) is 5.32 Å². The fourth-order valence-electron chi connectivity index (χ4n) is 2.11. The van der Waals surface area contributed by atoms with E-state index in [1.165, 1.54) is 16.3 Å². The van der Waals surface area contributed by atoms with Crippen LogP contribution in [-0.4, -0.2) is 24.8 Å². The molecule has 0 fully saturated rings. The summed E-state index contributed by atoms with van der Waals surface area (Å²) in [7, 11) is 0. The number of nitrogens with one attached hydrogen (secondary N) is 1. The van der Waals surface area contributed by atoms with Crippen LogP contribution < -0.4 is 5.32 Å². The second-order valence-corrected chi connectivity index (χ2v) is 4.61. The van der Waals surface area contributed by atoms with Crippen LogP contribution in [0.25, 0.3) is 10.8 Å².